The molecular formula is C21H24NPSi. The fourth-order valence-corrected chi connectivity index (χ4v) is 6.29. The predicted molar refractivity (Wildman–Crippen MR) is 112 cm³/mol. The Balaban J connectivity index is 2.14. The van der Waals surface area contributed by atoms with Gasteiger partial charge in [0, 0.05) is 11.0 Å². The van der Waals surface area contributed by atoms with Gasteiger partial charge >= 0.3 is 0 Å². The van der Waals surface area contributed by atoms with Gasteiger partial charge in [0.1, 0.15) is 8.24 Å². The SMILES string of the molecule is C[Si](C)(C)Nc1ccccc1P(c1ccccc1)c1ccccc1. The molecule has 0 aliphatic rings. The summed E-state index contributed by atoms with van der Waals surface area (Å²) in [6.45, 7) is 7.03. The maximum Gasteiger partial charge on any atom is 0.144 e. The Morgan fingerprint density at radius 2 is 1.08 bits per heavy atom. The molecule has 24 heavy (non-hydrogen) atoms. The maximum absolute atomic E-state index is 3.82. The molecule has 1 N–H and O–H groups in total. The van der Waals surface area contributed by atoms with Crippen molar-refractivity contribution in [3.05, 3.63) is 84.9 Å². The third-order valence-electron chi connectivity index (χ3n) is 3.68. The Labute approximate surface area is 147 Å². The van der Waals surface area contributed by atoms with E-state index in [1.54, 1.807) is 0 Å². The van der Waals surface area contributed by atoms with E-state index < -0.39 is 16.2 Å². The Morgan fingerprint density at radius 3 is 1.58 bits per heavy atom. The molecule has 1 nitrogen and oxygen atoms in total. The van der Waals surface area contributed by atoms with Gasteiger partial charge < -0.3 is 4.98 Å². The Morgan fingerprint density at radius 1 is 0.625 bits per heavy atom. The highest BCUT2D eigenvalue weighted by Gasteiger charge is 2.21. The average molecular weight is 349 g/mol. The van der Waals surface area contributed by atoms with Gasteiger partial charge in [0.25, 0.3) is 0 Å². The topological polar surface area (TPSA) is 12.0 Å². The molecule has 0 aliphatic carbocycles. The Hall–Kier alpha value is -1.89. The smallest absolute Gasteiger partial charge is 0.144 e. The second-order valence-electron chi connectivity index (χ2n) is 6.90. The van der Waals surface area contributed by atoms with E-state index in [-0.39, 0.29) is 0 Å². The molecular weight excluding hydrogens is 325 g/mol. The molecule has 0 saturated carbocycles. The number of hydrogen-bond donors (Lipinski definition) is 1. The molecule has 3 rings (SSSR count). The van der Waals surface area contributed by atoms with Crippen LogP contribution in [-0.4, -0.2) is 8.24 Å². The fourth-order valence-electron chi connectivity index (χ4n) is 2.76. The second kappa shape index (κ2) is 7.34. The van der Waals surface area contributed by atoms with Gasteiger partial charge in [-0.05, 0) is 24.6 Å². The summed E-state index contributed by atoms with van der Waals surface area (Å²) < 4.78 is 0. The minimum atomic E-state index is -1.42. The largest absolute Gasteiger partial charge is 0.410 e. The molecule has 3 heteroatoms. The van der Waals surface area contributed by atoms with Crippen LogP contribution < -0.4 is 20.9 Å². The van der Waals surface area contributed by atoms with E-state index >= 15 is 0 Å². The van der Waals surface area contributed by atoms with Gasteiger partial charge in [0.15, 0.2) is 0 Å². The summed E-state index contributed by atoms with van der Waals surface area (Å²) in [6.07, 6.45) is 0. The third-order valence-corrected chi connectivity index (χ3v) is 7.20. The average Bonchev–Trinajstić information content (AvgIpc) is 2.57. The van der Waals surface area contributed by atoms with E-state index in [1.807, 2.05) is 0 Å². The van der Waals surface area contributed by atoms with Crippen molar-refractivity contribution in [2.75, 3.05) is 4.98 Å². The highest BCUT2D eigenvalue weighted by Crippen LogP contribution is 2.35. The molecule has 0 heterocycles. The molecule has 0 fully saturated rings. The first-order valence-electron chi connectivity index (χ1n) is 8.32. The summed E-state index contributed by atoms with van der Waals surface area (Å²) in [5, 5.41) is 4.19. The summed E-state index contributed by atoms with van der Waals surface area (Å²) in [7, 11) is -1.98. The van der Waals surface area contributed by atoms with Crippen LogP contribution in [0.2, 0.25) is 19.6 Å². The lowest BCUT2D eigenvalue weighted by Crippen LogP contribution is -2.35. The standard InChI is InChI=1S/C21H24NPSi/c1-24(2,3)22-20-16-10-11-17-21(20)23(18-12-6-4-7-13-18)19-14-8-5-9-15-19/h4-17,22H,1-3H3. The van der Waals surface area contributed by atoms with Crippen LogP contribution in [0.5, 0.6) is 0 Å². The van der Waals surface area contributed by atoms with Crippen LogP contribution in [0.15, 0.2) is 84.9 Å². The first-order valence-corrected chi connectivity index (χ1v) is 13.2. The van der Waals surface area contributed by atoms with Gasteiger partial charge in [0.05, 0.1) is 0 Å². The third kappa shape index (κ3) is 4.14. The van der Waals surface area contributed by atoms with E-state index in [1.165, 1.54) is 21.6 Å². The zero-order chi connectivity index (χ0) is 17.0. The van der Waals surface area contributed by atoms with Crippen molar-refractivity contribution in [2.24, 2.45) is 0 Å². The summed E-state index contributed by atoms with van der Waals surface area (Å²) in [5.41, 5.74) is 1.29. The number of para-hydroxylation sites is 1. The number of rotatable bonds is 5. The minimum Gasteiger partial charge on any atom is -0.410 e. The Bertz CT molecular complexity index is 742. The molecule has 0 saturated heterocycles. The van der Waals surface area contributed by atoms with Crippen LogP contribution in [-0.2, 0) is 0 Å². The van der Waals surface area contributed by atoms with Crippen molar-refractivity contribution in [1.82, 2.24) is 0 Å². The van der Waals surface area contributed by atoms with Crippen LogP contribution in [0.3, 0.4) is 0 Å². The monoisotopic (exact) mass is 349 g/mol. The Kier molecular flexibility index (Phi) is 5.18. The first kappa shape index (κ1) is 16.9. The highest BCUT2D eigenvalue weighted by molar-refractivity contribution is 7.80. The molecule has 0 atom stereocenters. The van der Waals surface area contributed by atoms with Gasteiger partial charge in [-0.15, -0.1) is 0 Å². The van der Waals surface area contributed by atoms with Crippen molar-refractivity contribution in [3.63, 3.8) is 0 Å². The lowest BCUT2D eigenvalue weighted by Gasteiger charge is -2.26. The van der Waals surface area contributed by atoms with Crippen LogP contribution in [0, 0.1) is 0 Å². The maximum atomic E-state index is 3.82. The first-order chi connectivity index (χ1) is 11.5. The minimum absolute atomic E-state index is 0.560. The van der Waals surface area contributed by atoms with E-state index in [2.05, 4.69) is 110 Å². The lowest BCUT2D eigenvalue weighted by molar-refractivity contribution is 1.60. The quantitative estimate of drug-likeness (QED) is 0.520. The predicted octanol–water partition coefficient (Wildman–Crippen LogP) is 4.69. The molecule has 0 radical (unpaired) electrons. The van der Waals surface area contributed by atoms with Crippen LogP contribution >= 0.6 is 7.92 Å². The number of hydrogen-bond acceptors (Lipinski definition) is 1. The number of anilines is 1. The molecule has 0 spiro atoms. The summed E-state index contributed by atoms with van der Waals surface area (Å²) >= 11 is 0. The summed E-state index contributed by atoms with van der Waals surface area (Å²) in [6, 6.07) is 30.6. The lowest BCUT2D eigenvalue weighted by atomic mass is 10.3. The van der Waals surface area contributed by atoms with Crippen molar-refractivity contribution >= 4 is 37.8 Å². The molecule has 122 valence electrons. The molecule has 3 aromatic rings. The van der Waals surface area contributed by atoms with Crippen molar-refractivity contribution in [1.29, 1.82) is 0 Å². The van der Waals surface area contributed by atoms with E-state index in [9.17, 15) is 0 Å². The molecule has 0 aliphatic heterocycles. The van der Waals surface area contributed by atoms with Crippen LogP contribution in [0.1, 0.15) is 0 Å². The summed E-state index contributed by atoms with van der Waals surface area (Å²) in [4.78, 5) is 3.82. The van der Waals surface area contributed by atoms with Gasteiger partial charge in [-0.1, -0.05) is 98.5 Å². The molecule has 0 bridgehead atoms. The van der Waals surface area contributed by atoms with E-state index in [0.29, 0.717) is 0 Å². The van der Waals surface area contributed by atoms with Crippen LogP contribution in [0.4, 0.5) is 5.69 Å². The van der Waals surface area contributed by atoms with E-state index in [4.69, 9.17) is 0 Å². The molecule has 3 aromatic carbocycles. The second-order valence-corrected chi connectivity index (χ2v) is 13.8. The van der Waals surface area contributed by atoms with E-state index in [0.717, 1.165) is 0 Å². The molecule has 0 unspecified atom stereocenters. The fraction of sp³-hybridized carbons (Fsp3) is 0.143. The number of nitrogens with one attached hydrogen (secondary N) is 1. The van der Waals surface area contributed by atoms with Gasteiger partial charge in [0.2, 0.25) is 0 Å². The van der Waals surface area contributed by atoms with Crippen molar-refractivity contribution < 1.29 is 0 Å². The molecule has 0 aromatic heterocycles. The van der Waals surface area contributed by atoms with Crippen molar-refractivity contribution in [3.8, 4) is 0 Å². The molecule has 0 amide bonds. The normalized spacial score (nSPS) is 11.5. The van der Waals surface area contributed by atoms with Gasteiger partial charge in [-0.25, -0.2) is 0 Å². The summed E-state index contributed by atoms with van der Waals surface area (Å²) in [5.74, 6) is 0. The zero-order valence-corrected chi connectivity index (χ0v) is 16.4. The highest BCUT2D eigenvalue weighted by atomic mass is 31.1. The number of benzene rings is 3. The van der Waals surface area contributed by atoms with Crippen molar-refractivity contribution in [2.45, 2.75) is 19.6 Å². The zero-order valence-electron chi connectivity index (χ0n) is 14.5. The van der Waals surface area contributed by atoms with Gasteiger partial charge in [-0.2, -0.15) is 0 Å². The van der Waals surface area contributed by atoms with Crippen LogP contribution in [0.25, 0.3) is 0 Å². The van der Waals surface area contributed by atoms with Gasteiger partial charge in [-0.3, -0.25) is 0 Å².